The molecular weight excluding hydrogens is 476 g/mol. The van der Waals surface area contributed by atoms with Crippen LogP contribution in [-0.4, -0.2) is 10.2 Å². The van der Waals surface area contributed by atoms with Gasteiger partial charge in [0.15, 0.2) is 0 Å². The van der Waals surface area contributed by atoms with Crippen molar-refractivity contribution in [3.63, 3.8) is 0 Å². The topological polar surface area (TPSA) is 40.5 Å². The number of hydrogen-bond acceptors (Lipinski definition) is 2. The largest absolute Gasteiger partial charge is 0.507 e. The van der Waals surface area contributed by atoms with Gasteiger partial charge in [-0.15, -0.1) is 0 Å². The molecule has 0 saturated carbocycles. The molecule has 2 aromatic rings. The Morgan fingerprint density at radius 3 is 1.03 bits per heavy atom. The molecule has 0 bridgehead atoms. The van der Waals surface area contributed by atoms with Crippen molar-refractivity contribution in [2.24, 2.45) is 0 Å². The summed E-state index contributed by atoms with van der Waals surface area (Å²) in [5.41, 5.74) is 6.87. The number of rotatable bonds is 22. The van der Waals surface area contributed by atoms with E-state index in [9.17, 15) is 10.2 Å². The summed E-state index contributed by atoms with van der Waals surface area (Å²) < 4.78 is 0. The van der Waals surface area contributed by atoms with Crippen molar-refractivity contribution in [2.45, 2.75) is 163 Å². The third-order valence-corrected chi connectivity index (χ3v) is 8.27. The van der Waals surface area contributed by atoms with Crippen LogP contribution in [0.4, 0.5) is 0 Å². The first-order valence-electron chi connectivity index (χ1n) is 16.7. The predicted molar refractivity (Wildman–Crippen MR) is 170 cm³/mol. The average Bonchev–Trinajstić information content (AvgIpc) is 2.93. The summed E-state index contributed by atoms with van der Waals surface area (Å²) in [6.07, 6.45) is 24.3. The van der Waals surface area contributed by atoms with Gasteiger partial charge in [-0.05, 0) is 84.7 Å². The molecule has 0 atom stereocenters. The van der Waals surface area contributed by atoms with Crippen LogP contribution in [0.1, 0.15) is 164 Å². The first-order valence-corrected chi connectivity index (χ1v) is 16.7. The number of unbranched alkanes of at least 4 members (excludes halogenated alkanes) is 12. The minimum atomic E-state index is 0.459. The molecule has 0 heterocycles. The minimum absolute atomic E-state index is 0.459. The molecule has 0 aliphatic rings. The number of aryl methyl sites for hydroxylation is 4. The maximum absolute atomic E-state index is 11.4. The van der Waals surface area contributed by atoms with Gasteiger partial charge in [-0.1, -0.05) is 129 Å². The minimum Gasteiger partial charge on any atom is -0.507 e. The van der Waals surface area contributed by atoms with Crippen molar-refractivity contribution in [2.75, 3.05) is 0 Å². The van der Waals surface area contributed by atoms with Gasteiger partial charge in [0.25, 0.3) is 0 Å². The maximum Gasteiger partial charge on any atom is 0.122 e. The van der Waals surface area contributed by atoms with Crippen molar-refractivity contribution in [1.29, 1.82) is 0 Å². The molecule has 2 heteroatoms. The predicted octanol–water partition coefficient (Wildman–Crippen LogP) is 11.2. The van der Waals surface area contributed by atoms with E-state index in [2.05, 4.69) is 52.0 Å². The molecule has 0 spiro atoms. The molecule has 2 nitrogen and oxygen atoms in total. The quantitative estimate of drug-likeness (QED) is 0.147. The average molecular weight is 537 g/mol. The van der Waals surface area contributed by atoms with Gasteiger partial charge in [0.2, 0.25) is 0 Å². The normalized spacial score (nSPS) is 11.4. The zero-order valence-electron chi connectivity index (χ0n) is 26.1. The Kier molecular flexibility index (Phi) is 17.0. The lowest BCUT2D eigenvalue weighted by atomic mass is 9.90. The summed E-state index contributed by atoms with van der Waals surface area (Å²) in [4.78, 5) is 0. The van der Waals surface area contributed by atoms with E-state index in [4.69, 9.17) is 0 Å². The third kappa shape index (κ3) is 12.4. The second-order valence-electron chi connectivity index (χ2n) is 11.9. The lowest BCUT2D eigenvalue weighted by Crippen LogP contribution is -2.01. The van der Waals surface area contributed by atoms with E-state index in [1.807, 2.05) is 0 Å². The monoisotopic (exact) mass is 536 g/mol. The van der Waals surface area contributed by atoms with E-state index in [1.54, 1.807) is 0 Å². The Labute approximate surface area is 241 Å². The van der Waals surface area contributed by atoms with Gasteiger partial charge < -0.3 is 10.2 Å². The number of aromatic hydroxyl groups is 2. The Balaban J connectivity index is 2.34. The second-order valence-corrected chi connectivity index (χ2v) is 11.9. The molecule has 220 valence electrons. The third-order valence-electron chi connectivity index (χ3n) is 8.27. The molecule has 2 aromatic carbocycles. The molecule has 0 aliphatic heterocycles. The SMILES string of the molecule is CCCCCCc1cc(CCCCCC)c(O)c(Cc2cc(CCCCCC)cc(CCCCCC)c2O)c1. The number of hydrogen-bond donors (Lipinski definition) is 2. The summed E-state index contributed by atoms with van der Waals surface area (Å²) in [5, 5.41) is 22.8. The molecule has 0 unspecified atom stereocenters. The molecular formula is C37H60O2. The van der Waals surface area contributed by atoms with E-state index in [-0.39, 0.29) is 0 Å². The van der Waals surface area contributed by atoms with Gasteiger partial charge in [-0.2, -0.15) is 0 Å². The highest BCUT2D eigenvalue weighted by Gasteiger charge is 2.16. The van der Waals surface area contributed by atoms with Gasteiger partial charge in [-0.3, -0.25) is 0 Å². The fourth-order valence-corrected chi connectivity index (χ4v) is 5.81. The lowest BCUT2D eigenvalue weighted by Gasteiger charge is -2.17. The highest BCUT2D eigenvalue weighted by molar-refractivity contribution is 5.51. The van der Waals surface area contributed by atoms with Gasteiger partial charge in [0.1, 0.15) is 11.5 Å². The molecule has 0 fully saturated rings. The highest BCUT2D eigenvalue weighted by Crippen LogP contribution is 2.34. The number of phenols is 2. The summed E-state index contributed by atoms with van der Waals surface area (Å²) in [6, 6.07) is 8.98. The van der Waals surface area contributed by atoms with E-state index < -0.39 is 0 Å². The number of phenolic OH excluding ortho intramolecular Hbond substituents is 2. The second kappa shape index (κ2) is 20.0. The maximum atomic E-state index is 11.4. The smallest absolute Gasteiger partial charge is 0.122 e. The van der Waals surface area contributed by atoms with Crippen LogP contribution in [0.25, 0.3) is 0 Å². The van der Waals surface area contributed by atoms with Crippen molar-refractivity contribution in [3.8, 4) is 11.5 Å². The fourth-order valence-electron chi connectivity index (χ4n) is 5.81. The van der Waals surface area contributed by atoms with Gasteiger partial charge in [0.05, 0.1) is 0 Å². The summed E-state index contributed by atoms with van der Waals surface area (Å²) in [6.45, 7) is 9.01. The van der Waals surface area contributed by atoms with E-state index in [1.165, 1.54) is 101 Å². The summed E-state index contributed by atoms with van der Waals surface area (Å²) >= 11 is 0. The Morgan fingerprint density at radius 1 is 0.385 bits per heavy atom. The Hall–Kier alpha value is -1.96. The number of benzene rings is 2. The van der Waals surface area contributed by atoms with Crippen LogP contribution in [0, 0.1) is 0 Å². The van der Waals surface area contributed by atoms with Crippen molar-refractivity contribution < 1.29 is 10.2 Å². The van der Waals surface area contributed by atoms with E-state index in [0.29, 0.717) is 17.9 Å². The molecule has 0 amide bonds. The highest BCUT2D eigenvalue weighted by atomic mass is 16.3. The van der Waals surface area contributed by atoms with Crippen molar-refractivity contribution in [3.05, 3.63) is 57.6 Å². The van der Waals surface area contributed by atoms with Crippen molar-refractivity contribution >= 4 is 0 Å². The molecule has 2 N–H and O–H groups in total. The first-order chi connectivity index (χ1) is 19.0. The molecule has 0 aromatic heterocycles. The zero-order valence-corrected chi connectivity index (χ0v) is 26.1. The van der Waals surface area contributed by atoms with Gasteiger partial charge in [-0.25, -0.2) is 0 Å². The van der Waals surface area contributed by atoms with E-state index in [0.717, 1.165) is 60.8 Å². The van der Waals surface area contributed by atoms with E-state index >= 15 is 0 Å². The molecule has 39 heavy (non-hydrogen) atoms. The van der Waals surface area contributed by atoms with Crippen LogP contribution in [0.5, 0.6) is 11.5 Å². The Bertz CT molecular complexity index is 854. The first kappa shape index (κ1) is 33.2. The molecule has 0 radical (unpaired) electrons. The van der Waals surface area contributed by atoms with Crippen LogP contribution in [0.15, 0.2) is 24.3 Å². The zero-order chi connectivity index (χ0) is 28.3. The lowest BCUT2D eigenvalue weighted by molar-refractivity contribution is 0.453. The van der Waals surface area contributed by atoms with Crippen LogP contribution in [0.2, 0.25) is 0 Å². The molecule has 0 aliphatic carbocycles. The van der Waals surface area contributed by atoms with Gasteiger partial charge >= 0.3 is 0 Å². The van der Waals surface area contributed by atoms with Crippen LogP contribution >= 0.6 is 0 Å². The van der Waals surface area contributed by atoms with Crippen LogP contribution in [0.3, 0.4) is 0 Å². The molecule has 0 saturated heterocycles. The Morgan fingerprint density at radius 2 is 0.692 bits per heavy atom. The summed E-state index contributed by atoms with van der Waals surface area (Å²) in [5.74, 6) is 0.919. The standard InChI is InChI=1S/C37H60O2/c1-5-9-13-17-21-30-25-32(23-19-15-11-7-3)36(38)34(27-30)29-35-28-31(22-18-14-10-6-2)26-33(37(35)39)24-20-16-12-8-4/h25-28,38-39H,5-24,29H2,1-4H3. The van der Waals surface area contributed by atoms with Gasteiger partial charge in [0, 0.05) is 6.42 Å². The fraction of sp³-hybridized carbons (Fsp3) is 0.676. The summed E-state index contributed by atoms with van der Waals surface area (Å²) in [7, 11) is 0. The molecule has 2 rings (SSSR count). The van der Waals surface area contributed by atoms with Crippen LogP contribution < -0.4 is 0 Å². The van der Waals surface area contributed by atoms with Crippen molar-refractivity contribution in [1.82, 2.24) is 0 Å². The van der Waals surface area contributed by atoms with Crippen LogP contribution in [-0.2, 0) is 32.1 Å².